The first-order valence-electron chi connectivity index (χ1n) is 9.94. The van der Waals surface area contributed by atoms with Crippen LogP contribution in [0.4, 0.5) is 5.69 Å². The fraction of sp³-hybridized carbons (Fsp3) is 0.455. The van der Waals surface area contributed by atoms with Crippen LogP contribution in [0.15, 0.2) is 54.6 Å². The molecule has 4 rings (SSSR count). The Morgan fingerprint density at radius 3 is 2.37 bits per heavy atom. The highest BCUT2D eigenvalue weighted by atomic mass is 16.5. The Morgan fingerprint density at radius 1 is 0.926 bits per heavy atom. The predicted molar refractivity (Wildman–Crippen MR) is 110 cm³/mol. The summed E-state index contributed by atoms with van der Waals surface area (Å²) in [6.07, 6.45) is 0.430. The lowest BCUT2D eigenvalue weighted by molar-refractivity contribution is 0.0753. The first-order chi connectivity index (χ1) is 13.3. The zero-order valence-electron chi connectivity index (χ0n) is 16.2. The van der Waals surface area contributed by atoms with Crippen molar-refractivity contribution in [1.29, 1.82) is 0 Å². The molecule has 2 aliphatic rings. The molecular formula is C22H30N4O. The molecule has 2 fully saturated rings. The molecule has 0 amide bonds. The number of rotatable bonds is 5. The molecule has 2 saturated heterocycles. The van der Waals surface area contributed by atoms with E-state index in [1.807, 2.05) is 0 Å². The van der Waals surface area contributed by atoms with Crippen LogP contribution in [0.5, 0.6) is 5.75 Å². The van der Waals surface area contributed by atoms with E-state index in [1.54, 1.807) is 7.11 Å². The van der Waals surface area contributed by atoms with E-state index >= 15 is 0 Å². The number of benzene rings is 2. The van der Waals surface area contributed by atoms with Gasteiger partial charge in [-0.1, -0.05) is 30.3 Å². The van der Waals surface area contributed by atoms with Gasteiger partial charge in [-0.25, -0.2) is 0 Å². The highest BCUT2D eigenvalue weighted by Gasteiger charge is 2.27. The summed E-state index contributed by atoms with van der Waals surface area (Å²) in [6, 6.07) is 19.2. The molecule has 5 heteroatoms. The van der Waals surface area contributed by atoms with Gasteiger partial charge in [0, 0.05) is 58.0 Å². The number of ether oxygens (including phenoxy) is 1. The molecule has 0 aromatic heterocycles. The van der Waals surface area contributed by atoms with E-state index in [2.05, 4.69) is 74.6 Å². The van der Waals surface area contributed by atoms with Crippen molar-refractivity contribution in [2.75, 3.05) is 57.8 Å². The Balaban J connectivity index is 1.30. The molecule has 0 radical (unpaired) electrons. The van der Waals surface area contributed by atoms with Crippen LogP contribution in [0.1, 0.15) is 5.56 Å². The molecule has 144 valence electrons. The molecule has 2 aliphatic heterocycles. The van der Waals surface area contributed by atoms with Gasteiger partial charge in [-0.05, 0) is 29.8 Å². The highest BCUT2D eigenvalue weighted by molar-refractivity contribution is 5.49. The van der Waals surface area contributed by atoms with Crippen LogP contribution in [-0.4, -0.2) is 68.9 Å². The maximum absolute atomic E-state index is 5.28. The van der Waals surface area contributed by atoms with Gasteiger partial charge in [-0.2, -0.15) is 0 Å². The number of nitrogens with zero attached hydrogens (tertiary/aromatic N) is 3. The van der Waals surface area contributed by atoms with Gasteiger partial charge in [-0.15, -0.1) is 0 Å². The zero-order chi connectivity index (χ0) is 18.5. The van der Waals surface area contributed by atoms with Crippen molar-refractivity contribution >= 4 is 5.69 Å². The van der Waals surface area contributed by atoms with Crippen LogP contribution < -0.4 is 15.0 Å². The van der Waals surface area contributed by atoms with Gasteiger partial charge in [0.1, 0.15) is 5.75 Å². The van der Waals surface area contributed by atoms with E-state index in [1.165, 1.54) is 11.3 Å². The molecule has 2 heterocycles. The second kappa shape index (κ2) is 8.74. The second-order valence-electron chi connectivity index (χ2n) is 7.41. The van der Waals surface area contributed by atoms with E-state index in [4.69, 9.17) is 4.74 Å². The summed E-state index contributed by atoms with van der Waals surface area (Å²) in [7, 11) is 1.72. The largest absolute Gasteiger partial charge is 0.497 e. The predicted octanol–water partition coefficient (Wildman–Crippen LogP) is 2.25. The monoisotopic (exact) mass is 366 g/mol. The van der Waals surface area contributed by atoms with Gasteiger partial charge in [0.05, 0.1) is 13.3 Å². The maximum atomic E-state index is 5.28. The molecule has 0 spiro atoms. The Labute approximate surface area is 162 Å². The first kappa shape index (κ1) is 18.3. The molecule has 27 heavy (non-hydrogen) atoms. The van der Waals surface area contributed by atoms with Crippen LogP contribution in [0.2, 0.25) is 0 Å². The van der Waals surface area contributed by atoms with E-state index in [0.29, 0.717) is 6.17 Å². The molecular weight excluding hydrogens is 336 g/mol. The van der Waals surface area contributed by atoms with Crippen molar-refractivity contribution in [2.45, 2.75) is 12.7 Å². The standard InChI is InChI=1S/C22H30N4O/c1-27-21-9-7-20(8-10-21)26-12-11-23-22(18-26)25-15-13-24(14-16-25)17-19-5-3-2-4-6-19/h2-10,22-23H,11-18H2,1H3. The third-order valence-electron chi connectivity index (χ3n) is 5.69. The lowest BCUT2D eigenvalue weighted by Crippen LogP contribution is -2.62. The molecule has 2 aromatic carbocycles. The van der Waals surface area contributed by atoms with Crippen molar-refractivity contribution < 1.29 is 4.74 Å². The van der Waals surface area contributed by atoms with E-state index in [0.717, 1.165) is 58.1 Å². The Hall–Kier alpha value is -2.08. The minimum Gasteiger partial charge on any atom is -0.497 e. The molecule has 2 aromatic rings. The third kappa shape index (κ3) is 4.61. The van der Waals surface area contributed by atoms with Gasteiger partial charge >= 0.3 is 0 Å². The fourth-order valence-electron chi connectivity index (χ4n) is 4.08. The summed E-state index contributed by atoms with van der Waals surface area (Å²) >= 11 is 0. The normalized spacial score (nSPS) is 22.0. The summed E-state index contributed by atoms with van der Waals surface area (Å²) in [6.45, 7) is 8.70. The lowest BCUT2D eigenvalue weighted by Gasteiger charge is -2.44. The van der Waals surface area contributed by atoms with Crippen LogP contribution in [0.3, 0.4) is 0 Å². The fourth-order valence-corrected chi connectivity index (χ4v) is 4.08. The number of nitrogens with one attached hydrogen (secondary N) is 1. The van der Waals surface area contributed by atoms with Crippen LogP contribution in [-0.2, 0) is 6.54 Å². The minimum atomic E-state index is 0.430. The molecule has 1 N–H and O–H groups in total. The third-order valence-corrected chi connectivity index (χ3v) is 5.69. The molecule has 0 saturated carbocycles. The van der Waals surface area contributed by atoms with Gasteiger partial charge in [-0.3, -0.25) is 15.1 Å². The summed E-state index contributed by atoms with van der Waals surface area (Å²) in [4.78, 5) is 7.66. The summed E-state index contributed by atoms with van der Waals surface area (Å²) in [5, 5.41) is 3.72. The lowest BCUT2D eigenvalue weighted by atomic mass is 10.1. The van der Waals surface area contributed by atoms with Crippen molar-refractivity contribution in [2.24, 2.45) is 0 Å². The number of hydrogen-bond donors (Lipinski definition) is 1. The number of anilines is 1. The van der Waals surface area contributed by atoms with Gasteiger partial charge in [0.15, 0.2) is 0 Å². The highest BCUT2D eigenvalue weighted by Crippen LogP contribution is 2.21. The van der Waals surface area contributed by atoms with Gasteiger partial charge in [0.25, 0.3) is 0 Å². The number of methoxy groups -OCH3 is 1. The molecule has 0 aliphatic carbocycles. The van der Waals surface area contributed by atoms with Gasteiger partial charge < -0.3 is 9.64 Å². The summed E-state index contributed by atoms with van der Waals surface area (Å²) < 4.78 is 5.28. The van der Waals surface area contributed by atoms with Crippen molar-refractivity contribution in [1.82, 2.24) is 15.1 Å². The smallest absolute Gasteiger partial charge is 0.119 e. The molecule has 5 nitrogen and oxygen atoms in total. The van der Waals surface area contributed by atoms with Crippen LogP contribution in [0.25, 0.3) is 0 Å². The topological polar surface area (TPSA) is 31.0 Å². The Morgan fingerprint density at radius 2 is 1.67 bits per heavy atom. The molecule has 1 unspecified atom stereocenters. The van der Waals surface area contributed by atoms with Crippen LogP contribution >= 0.6 is 0 Å². The summed E-state index contributed by atoms with van der Waals surface area (Å²) in [5.74, 6) is 0.917. The van der Waals surface area contributed by atoms with Gasteiger partial charge in [0.2, 0.25) is 0 Å². The zero-order valence-corrected chi connectivity index (χ0v) is 16.2. The van der Waals surface area contributed by atoms with E-state index < -0.39 is 0 Å². The second-order valence-corrected chi connectivity index (χ2v) is 7.41. The minimum absolute atomic E-state index is 0.430. The Kier molecular flexibility index (Phi) is 5.92. The van der Waals surface area contributed by atoms with Crippen molar-refractivity contribution in [3.63, 3.8) is 0 Å². The van der Waals surface area contributed by atoms with E-state index in [9.17, 15) is 0 Å². The quantitative estimate of drug-likeness (QED) is 0.877. The first-order valence-corrected chi connectivity index (χ1v) is 9.94. The molecule has 0 bridgehead atoms. The Bertz CT molecular complexity index is 698. The average molecular weight is 367 g/mol. The van der Waals surface area contributed by atoms with Crippen molar-refractivity contribution in [3.05, 3.63) is 60.2 Å². The maximum Gasteiger partial charge on any atom is 0.119 e. The summed E-state index contributed by atoms with van der Waals surface area (Å²) in [5.41, 5.74) is 2.69. The average Bonchev–Trinajstić information content (AvgIpc) is 2.75. The number of hydrogen-bond acceptors (Lipinski definition) is 5. The van der Waals surface area contributed by atoms with Crippen molar-refractivity contribution in [3.8, 4) is 5.75 Å². The SMILES string of the molecule is COc1ccc(N2CCNC(N3CCN(Cc4ccccc4)CC3)C2)cc1. The molecule has 1 atom stereocenters. The van der Waals surface area contributed by atoms with E-state index in [-0.39, 0.29) is 0 Å². The number of piperazine rings is 2. The van der Waals surface area contributed by atoms with Crippen LogP contribution in [0, 0.1) is 0 Å².